The van der Waals surface area contributed by atoms with Crippen molar-refractivity contribution in [2.45, 2.75) is 31.8 Å². The number of nitrogens with one attached hydrogen (secondary N) is 1. The molecule has 2 fully saturated rings. The summed E-state index contributed by atoms with van der Waals surface area (Å²) in [5, 5.41) is 0.692. The number of aromatic amines is 1. The highest BCUT2D eigenvalue weighted by molar-refractivity contribution is 6.03. The number of piperidine rings is 1. The first-order valence-electron chi connectivity index (χ1n) is 8.24. The van der Waals surface area contributed by atoms with E-state index in [1.54, 1.807) is 17.9 Å². The van der Waals surface area contributed by atoms with Crippen LogP contribution >= 0.6 is 0 Å². The lowest BCUT2D eigenvalue weighted by Crippen LogP contribution is -2.53. The van der Waals surface area contributed by atoms with Crippen LogP contribution in [0.3, 0.4) is 0 Å². The van der Waals surface area contributed by atoms with Gasteiger partial charge in [0.2, 0.25) is 0 Å². The summed E-state index contributed by atoms with van der Waals surface area (Å²) in [5.41, 5.74) is 1.18. The molecule has 1 atom stereocenters. The Morgan fingerprint density at radius 1 is 1.38 bits per heavy atom. The van der Waals surface area contributed by atoms with Crippen molar-refractivity contribution < 1.29 is 18.7 Å². The van der Waals surface area contributed by atoms with Gasteiger partial charge in [-0.1, -0.05) is 0 Å². The van der Waals surface area contributed by atoms with E-state index in [1.807, 2.05) is 0 Å². The van der Waals surface area contributed by atoms with Gasteiger partial charge in [-0.15, -0.1) is 0 Å². The lowest BCUT2D eigenvalue weighted by molar-refractivity contribution is -0.144. The normalized spacial score (nSPS) is 24.2. The second-order valence-electron chi connectivity index (χ2n) is 6.66. The van der Waals surface area contributed by atoms with Crippen LogP contribution in [0.15, 0.2) is 18.2 Å². The summed E-state index contributed by atoms with van der Waals surface area (Å²) >= 11 is 0. The smallest absolute Gasteiger partial charge is 0.270 e. The van der Waals surface area contributed by atoms with E-state index in [0.29, 0.717) is 36.2 Å². The molecule has 24 heavy (non-hydrogen) atoms. The van der Waals surface area contributed by atoms with Crippen molar-refractivity contribution in [1.29, 1.82) is 0 Å². The Balaban J connectivity index is 1.61. The molecule has 0 saturated carbocycles. The van der Waals surface area contributed by atoms with Gasteiger partial charge in [-0.25, -0.2) is 4.39 Å². The zero-order valence-electron chi connectivity index (χ0n) is 13.5. The molecule has 2 aliphatic heterocycles. The van der Waals surface area contributed by atoms with Gasteiger partial charge in [-0.3, -0.25) is 9.59 Å². The van der Waals surface area contributed by atoms with E-state index in [-0.39, 0.29) is 24.1 Å². The Labute approximate surface area is 138 Å². The van der Waals surface area contributed by atoms with Crippen molar-refractivity contribution in [2.24, 2.45) is 0 Å². The summed E-state index contributed by atoms with van der Waals surface area (Å²) in [6, 6.07) is 4.40. The van der Waals surface area contributed by atoms with Crippen LogP contribution in [0, 0.1) is 12.7 Å². The Hall–Kier alpha value is -2.21. The number of nitrogens with zero attached hydrogens (tertiary/aromatic N) is 1. The van der Waals surface area contributed by atoms with E-state index in [2.05, 4.69) is 4.98 Å². The van der Waals surface area contributed by atoms with Crippen LogP contribution in [0.2, 0.25) is 0 Å². The number of fused-ring (bicyclic) bond motifs is 1. The Morgan fingerprint density at radius 3 is 2.92 bits per heavy atom. The average molecular weight is 330 g/mol. The predicted octanol–water partition coefficient (Wildman–Crippen LogP) is 2.58. The number of carbonyl (C=O) groups is 2. The summed E-state index contributed by atoms with van der Waals surface area (Å²) in [6.45, 7) is 2.97. The van der Waals surface area contributed by atoms with Crippen molar-refractivity contribution in [3.05, 3.63) is 35.3 Å². The molecule has 1 amide bonds. The molecule has 1 N–H and O–H groups in total. The van der Waals surface area contributed by atoms with E-state index in [0.717, 1.165) is 18.4 Å². The topological polar surface area (TPSA) is 62.4 Å². The van der Waals surface area contributed by atoms with E-state index in [9.17, 15) is 14.0 Å². The lowest BCUT2D eigenvalue weighted by Gasteiger charge is -2.37. The number of ketones is 1. The van der Waals surface area contributed by atoms with Crippen LogP contribution in [0.5, 0.6) is 0 Å². The molecule has 126 valence electrons. The Bertz CT molecular complexity index is 836. The molecule has 0 bridgehead atoms. The predicted molar refractivity (Wildman–Crippen MR) is 86.4 cm³/mol. The summed E-state index contributed by atoms with van der Waals surface area (Å²) in [6.07, 6.45) is 2.19. The fourth-order valence-electron chi connectivity index (χ4n) is 3.81. The average Bonchev–Trinajstić information content (AvgIpc) is 3.16. The van der Waals surface area contributed by atoms with Crippen molar-refractivity contribution in [3.63, 3.8) is 0 Å². The number of benzene rings is 1. The number of aromatic nitrogens is 1. The molecule has 1 spiro atoms. The minimum absolute atomic E-state index is 0.0144. The molecule has 2 saturated heterocycles. The summed E-state index contributed by atoms with van der Waals surface area (Å²) in [5.74, 6) is -0.568. The molecule has 6 heteroatoms. The van der Waals surface area contributed by atoms with Gasteiger partial charge in [0, 0.05) is 30.5 Å². The first-order valence-corrected chi connectivity index (χ1v) is 8.24. The van der Waals surface area contributed by atoms with Crippen molar-refractivity contribution in [2.75, 3.05) is 19.7 Å². The Kier molecular flexibility index (Phi) is 3.46. The second-order valence-corrected chi connectivity index (χ2v) is 6.66. The third-order valence-electron chi connectivity index (χ3n) is 5.25. The van der Waals surface area contributed by atoms with Gasteiger partial charge in [-0.2, -0.15) is 0 Å². The van der Waals surface area contributed by atoms with Gasteiger partial charge in [0.05, 0.1) is 6.54 Å². The maximum absolute atomic E-state index is 13.4. The zero-order valence-corrected chi connectivity index (χ0v) is 13.5. The largest absolute Gasteiger partial charge is 0.367 e. The molecule has 2 aliphatic rings. The molecular weight excluding hydrogens is 311 g/mol. The number of hydrogen-bond donors (Lipinski definition) is 1. The number of carbonyl (C=O) groups excluding carboxylic acids is 2. The standard InChI is InChI=1S/C18H19FN2O3/c1-11-13-9-12(19)3-4-14(13)20-16(11)17(23)21-7-6-18(15(22)10-21)5-2-8-24-18/h3-4,9,20H,2,5-8,10H2,1H3. The fourth-order valence-corrected chi connectivity index (χ4v) is 3.81. The molecule has 5 nitrogen and oxygen atoms in total. The number of Topliss-reactive ketones (excluding diaryl/α,β-unsaturated/α-hetero) is 1. The van der Waals surface area contributed by atoms with E-state index in [4.69, 9.17) is 4.74 Å². The molecule has 1 aromatic heterocycles. The zero-order chi connectivity index (χ0) is 16.9. The number of aryl methyl sites for hydroxylation is 1. The number of halogens is 1. The van der Waals surface area contributed by atoms with Gasteiger partial charge in [0.15, 0.2) is 5.78 Å². The summed E-state index contributed by atoms with van der Waals surface area (Å²) in [4.78, 5) is 29.9. The number of likely N-dealkylation sites (tertiary alicyclic amines) is 1. The van der Waals surface area contributed by atoms with Gasteiger partial charge in [-0.05, 0) is 43.5 Å². The minimum atomic E-state index is -0.671. The highest BCUT2D eigenvalue weighted by Gasteiger charge is 2.46. The number of H-pyrrole nitrogens is 1. The van der Waals surface area contributed by atoms with Gasteiger partial charge >= 0.3 is 0 Å². The van der Waals surface area contributed by atoms with Gasteiger partial charge in [0.25, 0.3) is 5.91 Å². The van der Waals surface area contributed by atoms with Crippen LogP contribution in [0.4, 0.5) is 4.39 Å². The first kappa shape index (κ1) is 15.3. The molecule has 4 rings (SSSR count). The van der Waals surface area contributed by atoms with Crippen molar-refractivity contribution in [3.8, 4) is 0 Å². The molecule has 1 unspecified atom stereocenters. The summed E-state index contributed by atoms with van der Waals surface area (Å²) in [7, 11) is 0. The molecule has 2 aromatic rings. The van der Waals surface area contributed by atoms with E-state index < -0.39 is 5.60 Å². The lowest BCUT2D eigenvalue weighted by atomic mass is 9.87. The minimum Gasteiger partial charge on any atom is -0.367 e. The van der Waals surface area contributed by atoms with E-state index >= 15 is 0 Å². The SMILES string of the molecule is Cc1c(C(=O)N2CCC3(CCCO3)C(=O)C2)[nH]c2ccc(F)cc12. The Morgan fingerprint density at radius 2 is 2.21 bits per heavy atom. The third kappa shape index (κ3) is 2.24. The van der Waals surface area contributed by atoms with Crippen molar-refractivity contribution in [1.82, 2.24) is 9.88 Å². The monoisotopic (exact) mass is 330 g/mol. The molecule has 3 heterocycles. The van der Waals surface area contributed by atoms with Gasteiger partial charge in [0.1, 0.15) is 17.1 Å². The van der Waals surface area contributed by atoms with Crippen LogP contribution < -0.4 is 0 Å². The number of rotatable bonds is 1. The number of hydrogen-bond acceptors (Lipinski definition) is 3. The van der Waals surface area contributed by atoms with Crippen LogP contribution in [-0.4, -0.2) is 46.9 Å². The van der Waals surface area contributed by atoms with E-state index in [1.165, 1.54) is 12.1 Å². The molecule has 1 aromatic carbocycles. The van der Waals surface area contributed by atoms with Crippen LogP contribution in [-0.2, 0) is 9.53 Å². The third-order valence-corrected chi connectivity index (χ3v) is 5.25. The highest BCUT2D eigenvalue weighted by atomic mass is 19.1. The molecule has 0 radical (unpaired) electrons. The summed E-state index contributed by atoms with van der Waals surface area (Å²) < 4.78 is 19.1. The highest BCUT2D eigenvalue weighted by Crippen LogP contribution is 2.34. The quantitative estimate of drug-likeness (QED) is 0.874. The maximum Gasteiger partial charge on any atom is 0.270 e. The number of amides is 1. The first-order chi connectivity index (χ1) is 11.5. The van der Waals surface area contributed by atoms with Crippen molar-refractivity contribution >= 4 is 22.6 Å². The van der Waals surface area contributed by atoms with Gasteiger partial charge < -0.3 is 14.6 Å². The fraction of sp³-hybridized carbons (Fsp3) is 0.444. The molecular formula is C18H19FN2O3. The maximum atomic E-state index is 13.4. The van der Waals surface area contributed by atoms with Crippen LogP contribution in [0.25, 0.3) is 10.9 Å². The number of ether oxygens (including phenoxy) is 1. The molecule has 0 aliphatic carbocycles. The van der Waals surface area contributed by atoms with Crippen LogP contribution in [0.1, 0.15) is 35.3 Å². The second kappa shape index (κ2) is 5.41.